The van der Waals surface area contributed by atoms with Crippen LogP contribution in [0.25, 0.3) is 0 Å². The molecular weight excluding hydrogens is 234 g/mol. The highest BCUT2D eigenvalue weighted by Crippen LogP contribution is 2.35. The van der Waals surface area contributed by atoms with Crippen molar-refractivity contribution >= 4 is 10.0 Å². The average Bonchev–Trinajstić information content (AvgIpc) is 2.14. The van der Waals surface area contributed by atoms with Crippen molar-refractivity contribution in [1.29, 1.82) is 0 Å². The number of phenols is 1. The van der Waals surface area contributed by atoms with Gasteiger partial charge >= 0.3 is 0 Å². The summed E-state index contributed by atoms with van der Waals surface area (Å²) >= 11 is 0. The first-order chi connectivity index (χ1) is 7.37. The van der Waals surface area contributed by atoms with E-state index in [2.05, 4.69) is 0 Å². The van der Waals surface area contributed by atoms with Crippen molar-refractivity contribution in [2.75, 3.05) is 14.2 Å². The molecule has 0 radical (unpaired) electrons. The summed E-state index contributed by atoms with van der Waals surface area (Å²) in [5.41, 5.74) is 0.252. The molecule has 1 aromatic rings. The second-order valence-electron chi connectivity index (χ2n) is 3.15. The van der Waals surface area contributed by atoms with Gasteiger partial charge in [0.05, 0.1) is 20.0 Å². The predicted molar refractivity (Wildman–Crippen MR) is 58.0 cm³/mol. The highest BCUT2D eigenvalue weighted by atomic mass is 32.2. The molecule has 0 bridgehead atoms. The number of aromatic hydroxyl groups is 1. The molecule has 3 N–H and O–H groups in total. The summed E-state index contributed by atoms with van der Waals surface area (Å²) < 4.78 is 31.9. The van der Waals surface area contributed by atoms with Crippen molar-refractivity contribution in [3.05, 3.63) is 17.7 Å². The fourth-order valence-electron chi connectivity index (χ4n) is 1.35. The molecule has 0 aromatic heterocycles. The minimum atomic E-state index is -3.70. The quantitative estimate of drug-likeness (QED) is 0.791. The van der Waals surface area contributed by atoms with Crippen LogP contribution in [0.5, 0.6) is 17.2 Å². The Bertz CT molecular complexity index is 483. The van der Waals surface area contributed by atoms with Gasteiger partial charge in [-0.2, -0.15) is 0 Å². The monoisotopic (exact) mass is 247 g/mol. The van der Waals surface area contributed by atoms with E-state index in [1.54, 1.807) is 0 Å². The van der Waals surface area contributed by atoms with Crippen LogP contribution in [0.4, 0.5) is 0 Å². The van der Waals surface area contributed by atoms with E-state index in [0.29, 0.717) is 0 Å². The third-order valence-electron chi connectivity index (χ3n) is 1.90. The minimum Gasteiger partial charge on any atom is -0.508 e. The summed E-state index contributed by atoms with van der Waals surface area (Å²) in [7, 11) is -0.935. The van der Waals surface area contributed by atoms with Crippen molar-refractivity contribution in [1.82, 2.24) is 0 Å². The molecule has 0 aliphatic heterocycles. The van der Waals surface area contributed by atoms with Gasteiger partial charge in [0.15, 0.2) is 11.5 Å². The third kappa shape index (κ3) is 3.01. The van der Waals surface area contributed by atoms with Crippen molar-refractivity contribution < 1.29 is 23.0 Å². The molecule has 0 unspecified atom stereocenters. The maximum Gasteiger partial charge on any atom is 0.213 e. The lowest BCUT2D eigenvalue weighted by molar-refractivity contribution is 0.349. The number of primary sulfonamides is 1. The zero-order valence-electron chi connectivity index (χ0n) is 8.93. The van der Waals surface area contributed by atoms with Crippen molar-refractivity contribution in [3.63, 3.8) is 0 Å². The summed E-state index contributed by atoms with van der Waals surface area (Å²) in [6.45, 7) is 0. The Hall–Kier alpha value is -1.47. The predicted octanol–water partition coefficient (Wildman–Crippen LogP) is 0.198. The van der Waals surface area contributed by atoms with E-state index in [4.69, 9.17) is 14.6 Å². The number of methoxy groups -OCH3 is 2. The summed E-state index contributed by atoms with van der Waals surface area (Å²) in [6, 6.07) is 2.59. The molecule has 1 aromatic carbocycles. The van der Waals surface area contributed by atoms with Gasteiger partial charge in [-0.05, 0) is 6.07 Å². The van der Waals surface area contributed by atoms with Gasteiger partial charge in [-0.25, -0.2) is 13.6 Å². The Morgan fingerprint density at radius 2 is 1.94 bits per heavy atom. The Morgan fingerprint density at radius 3 is 2.38 bits per heavy atom. The molecule has 0 heterocycles. The third-order valence-corrected chi connectivity index (χ3v) is 2.61. The van der Waals surface area contributed by atoms with E-state index in [0.717, 1.165) is 0 Å². The van der Waals surface area contributed by atoms with Crippen LogP contribution in [-0.4, -0.2) is 27.7 Å². The molecule has 0 fully saturated rings. The van der Waals surface area contributed by atoms with E-state index in [1.807, 2.05) is 0 Å². The van der Waals surface area contributed by atoms with Crippen LogP contribution in [0.1, 0.15) is 5.56 Å². The number of hydrogen-bond acceptors (Lipinski definition) is 5. The van der Waals surface area contributed by atoms with Crippen LogP contribution >= 0.6 is 0 Å². The van der Waals surface area contributed by atoms with E-state index in [9.17, 15) is 13.5 Å². The van der Waals surface area contributed by atoms with E-state index < -0.39 is 15.8 Å². The number of nitrogens with two attached hydrogens (primary N) is 1. The first kappa shape index (κ1) is 12.6. The molecule has 0 aliphatic rings. The van der Waals surface area contributed by atoms with E-state index in [-0.39, 0.29) is 22.8 Å². The molecule has 90 valence electrons. The first-order valence-corrected chi connectivity index (χ1v) is 6.03. The standard InChI is InChI=1S/C9H13NO5S/c1-14-8-4-7(11)3-6(9(8)15-2)5-16(10,12)13/h3-4,11H,5H2,1-2H3,(H2,10,12,13). The normalized spacial score (nSPS) is 11.2. The van der Waals surface area contributed by atoms with Gasteiger partial charge in [-0.15, -0.1) is 0 Å². The highest BCUT2D eigenvalue weighted by molar-refractivity contribution is 7.88. The molecule has 0 saturated carbocycles. The molecule has 0 spiro atoms. The number of benzene rings is 1. The first-order valence-electron chi connectivity index (χ1n) is 4.31. The number of hydrogen-bond donors (Lipinski definition) is 2. The fourth-order valence-corrected chi connectivity index (χ4v) is 2.00. The summed E-state index contributed by atoms with van der Waals surface area (Å²) in [6.07, 6.45) is 0. The molecule has 0 saturated heterocycles. The Kier molecular flexibility index (Phi) is 3.61. The Balaban J connectivity index is 3.31. The fraction of sp³-hybridized carbons (Fsp3) is 0.333. The van der Waals surface area contributed by atoms with E-state index >= 15 is 0 Å². The lowest BCUT2D eigenvalue weighted by atomic mass is 10.2. The smallest absolute Gasteiger partial charge is 0.213 e. The Morgan fingerprint density at radius 1 is 1.31 bits per heavy atom. The number of rotatable bonds is 4. The van der Waals surface area contributed by atoms with Gasteiger partial charge in [0.2, 0.25) is 10.0 Å². The summed E-state index contributed by atoms with van der Waals surface area (Å²) in [5, 5.41) is 14.3. The topological polar surface area (TPSA) is 98.9 Å². The van der Waals surface area contributed by atoms with Crippen molar-refractivity contribution in [2.45, 2.75) is 5.75 Å². The van der Waals surface area contributed by atoms with Gasteiger partial charge in [0.1, 0.15) is 5.75 Å². The maximum absolute atomic E-state index is 11.0. The average molecular weight is 247 g/mol. The zero-order valence-corrected chi connectivity index (χ0v) is 9.74. The number of sulfonamides is 1. The van der Waals surface area contributed by atoms with Gasteiger partial charge in [-0.3, -0.25) is 0 Å². The molecule has 1 rings (SSSR count). The molecule has 6 nitrogen and oxygen atoms in total. The Labute approximate surface area is 93.6 Å². The van der Waals surface area contributed by atoms with Crippen LogP contribution < -0.4 is 14.6 Å². The molecule has 16 heavy (non-hydrogen) atoms. The van der Waals surface area contributed by atoms with Crippen molar-refractivity contribution in [2.24, 2.45) is 5.14 Å². The lowest BCUT2D eigenvalue weighted by Crippen LogP contribution is -2.15. The van der Waals surface area contributed by atoms with Crippen LogP contribution in [0.2, 0.25) is 0 Å². The van der Waals surface area contributed by atoms with E-state index in [1.165, 1.54) is 26.4 Å². The largest absolute Gasteiger partial charge is 0.508 e. The second-order valence-corrected chi connectivity index (χ2v) is 4.76. The number of ether oxygens (including phenoxy) is 2. The van der Waals surface area contributed by atoms with Crippen LogP contribution in [-0.2, 0) is 15.8 Å². The molecule has 0 amide bonds. The van der Waals surface area contributed by atoms with Crippen molar-refractivity contribution in [3.8, 4) is 17.2 Å². The van der Waals surface area contributed by atoms with Crippen LogP contribution in [0.15, 0.2) is 12.1 Å². The highest BCUT2D eigenvalue weighted by Gasteiger charge is 2.16. The molecular formula is C9H13NO5S. The zero-order chi connectivity index (χ0) is 12.3. The molecule has 0 aliphatic carbocycles. The minimum absolute atomic E-state index is 0.115. The van der Waals surface area contributed by atoms with Crippen LogP contribution in [0.3, 0.4) is 0 Å². The van der Waals surface area contributed by atoms with Gasteiger partial charge in [0, 0.05) is 11.6 Å². The van der Waals surface area contributed by atoms with Gasteiger partial charge in [0.25, 0.3) is 0 Å². The number of phenolic OH excluding ortho intramolecular Hbond substituents is 1. The maximum atomic E-state index is 11.0. The lowest BCUT2D eigenvalue weighted by Gasteiger charge is -2.12. The van der Waals surface area contributed by atoms with Crippen LogP contribution in [0, 0.1) is 0 Å². The summed E-state index contributed by atoms with van der Waals surface area (Å²) in [5.74, 6) is -0.0484. The SMILES string of the molecule is COc1cc(O)cc(CS(N)(=O)=O)c1OC. The second kappa shape index (κ2) is 4.58. The van der Waals surface area contributed by atoms with Gasteiger partial charge in [-0.1, -0.05) is 0 Å². The van der Waals surface area contributed by atoms with Gasteiger partial charge < -0.3 is 14.6 Å². The summed E-state index contributed by atoms with van der Waals surface area (Å²) in [4.78, 5) is 0. The molecule has 0 atom stereocenters. The molecule has 7 heteroatoms.